The molecule has 0 aromatic heterocycles. The first-order valence-electron chi connectivity index (χ1n) is 6.70. The van der Waals surface area contributed by atoms with E-state index in [1.807, 2.05) is 0 Å². The van der Waals surface area contributed by atoms with E-state index in [1.165, 1.54) is 0 Å². The Morgan fingerprint density at radius 2 is 2.04 bits per heavy atom. The Morgan fingerprint density at radius 3 is 2.52 bits per heavy atom. The first kappa shape index (κ1) is 18.3. The van der Waals surface area contributed by atoms with Gasteiger partial charge in [0.15, 0.2) is 0 Å². The summed E-state index contributed by atoms with van der Waals surface area (Å²) in [6.07, 6.45) is -2.76. The second-order valence-corrected chi connectivity index (χ2v) is 5.90. The Balaban J connectivity index is 3.11. The highest BCUT2D eigenvalue weighted by atomic mass is 19.1. The van der Waals surface area contributed by atoms with Crippen LogP contribution in [0, 0.1) is 15.9 Å². The van der Waals surface area contributed by atoms with Gasteiger partial charge in [0.1, 0.15) is 11.9 Å². The Morgan fingerprint density at radius 1 is 1.43 bits per heavy atom. The predicted molar refractivity (Wildman–Crippen MR) is 79.0 cm³/mol. The van der Waals surface area contributed by atoms with E-state index in [-0.39, 0.29) is 5.56 Å². The predicted octanol–water partition coefficient (Wildman–Crippen LogP) is 2.18. The topological polar surface area (TPSA) is 125 Å². The van der Waals surface area contributed by atoms with Crippen LogP contribution in [-0.2, 0) is 9.53 Å². The summed E-state index contributed by atoms with van der Waals surface area (Å²) in [5, 5.41) is 13.3. The molecule has 0 spiro atoms. The third-order valence-corrected chi connectivity index (χ3v) is 2.65. The molecule has 9 heteroatoms. The maximum atomic E-state index is 13.9. The highest BCUT2D eigenvalue weighted by molar-refractivity contribution is 5.75. The largest absolute Gasteiger partial charge is 0.441 e. The van der Waals surface area contributed by atoms with Gasteiger partial charge in [-0.15, -0.1) is 0 Å². The summed E-state index contributed by atoms with van der Waals surface area (Å²) in [6, 6.07) is 2.75. The Kier molecular flexibility index (Phi) is 5.61. The summed E-state index contributed by atoms with van der Waals surface area (Å²) < 4.78 is 19.0. The van der Waals surface area contributed by atoms with Gasteiger partial charge in [-0.05, 0) is 26.8 Å². The SMILES string of the molecule is CC(C)(C)NC(=O)OC(CC(N)=O)c1cc([N+](=O)[O-])ccc1F. The lowest BCUT2D eigenvalue weighted by Gasteiger charge is -2.23. The van der Waals surface area contributed by atoms with Gasteiger partial charge in [-0.25, -0.2) is 9.18 Å². The molecule has 8 nitrogen and oxygen atoms in total. The number of amides is 2. The lowest BCUT2D eigenvalue weighted by atomic mass is 10.0. The zero-order chi connectivity index (χ0) is 17.8. The third-order valence-electron chi connectivity index (χ3n) is 2.65. The van der Waals surface area contributed by atoms with E-state index >= 15 is 0 Å². The summed E-state index contributed by atoms with van der Waals surface area (Å²) in [7, 11) is 0. The molecule has 1 unspecified atom stereocenters. The van der Waals surface area contributed by atoms with Crippen molar-refractivity contribution in [2.24, 2.45) is 5.73 Å². The second kappa shape index (κ2) is 7.03. The number of nitrogens with two attached hydrogens (primary N) is 1. The van der Waals surface area contributed by atoms with Crippen molar-refractivity contribution in [3.05, 3.63) is 39.7 Å². The summed E-state index contributed by atoms with van der Waals surface area (Å²) in [5.41, 5.74) is 3.78. The first-order chi connectivity index (χ1) is 10.5. The number of hydrogen-bond acceptors (Lipinski definition) is 5. The lowest BCUT2D eigenvalue weighted by Crippen LogP contribution is -2.41. The maximum absolute atomic E-state index is 13.9. The fourth-order valence-electron chi connectivity index (χ4n) is 1.75. The average Bonchev–Trinajstić information content (AvgIpc) is 2.35. The number of nitrogens with one attached hydrogen (secondary N) is 1. The number of alkyl carbamates (subject to hydrolysis) is 1. The second-order valence-electron chi connectivity index (χ2n) is 5.90. The number of nitro groups is 1. The molecule has 0 radical (unpaired) electrons. The summed E-state index contributed by atoms with van der Waals surface area (Å²) >= 11 is 0. The van der Waals surface area contributed by atoms with Crippen LogP contribution >= 0.6 is 0 Å². The van der Waals surface area contributed by atoms with Gasteiger partial charge in [-0.3, -0.25) is 14.9 Å². The van der Waals surface area contributed by atoms with Gasteiger partial charge in [0.2, 0.25) is 5.91 Å². The molecule has 0 aliphatic rings. The summed E-state index contributed by atoms with van der Waals surface area (Å²) in [6.45, 7) is 5.10. The molecule has 2 amide bonds. The van der Waals surface area contributed by atoms with Crippen molar-refractivity contribution < 1.29 is 23.6 Å². The van der Waals surface area contributed by atoms with E-state index in [9.17, 15) is 24.1 Å². The van der Waals surface area contributed by atoms with Crippen LogP contribution in [0.5, 0.6) is 0 Å². The minimum absolute atomic E-state index is 0.290. The number of halogens is 1. The average molecular weight is 327 g/mol. The van der Waals surface area contributed by atoms with Gasteiger partial charge in [-0.2, -0.15) is 0 Å². The first-order valence-corrected chi connectivity index (χ1v) is 6.70. The highest BCUT2D eigenvalue weighted by Gasteiger charge is 2.26. The molecule has 1 atom stereocenters. The number of hydrogen-bond donors (Lipinski definition) is 2. The molecule has 126 valence electrons. The molecule has 23 heavy (non-hydrogen) atoms. The van der Waals surface area contributed by atoms with Crippen LogP contribution in [0.1, 0.15) is 38.9 Å². The minimum Gasteiger partial charge on any atom is -0.441 e. The smallest absolute Gasteiger partial charge is 0.408 e. The molecule has 0 heterocycles. The van der Waals surface area contributed by atoms with Crippen LogP contribution < -0.4 is 11.1 Å². The van der Waals surface area contributed by atoms with E-state index in [1.54, 1.807) is 20.8 Å². The molecule has 0 aliphatic heterocycles. The van der Waals surface area contributed by atoms with E-state index in [0.29, 0.717) is 0 Å². The van der Waals surface area contributed by atoms with Crippen molar-refractivity contribution in [1.82, 2.24) is 5.32 Å². The van der Waals surface area contributed by atoms with Crippen LogP contribution in [0.2, 0.25) is 0 Å². The van der Waals surface area contributed by atoms with Gasteiger partial charge in [0.05, 0.1) is 11.3 Å². The normalized spacial score (nSPS) is 12.3. The Bertz CT molecular complexity index is 627. The molecular weight excluding hydrogens is 309 g/mol. The molecule has 3 N–H and O–H groups in total. The molecule has 1 aromatic rings. The van der Waals surface area contributed by atoms with Gasteiger partial charge < -0.3 is 15.8 Å². The van der Waals surface area contributed by atoms with Crippen molar-refractivity contribution >= 4 is 17.7 Å². The van der Waals surface area contributed by atoms with Gasteiger partial charge in [-0.1, -0.05) is 0 Å². The number of carbonyl (C=O) groups excluding carboxylic acids is 2. The number of ether oxygens (including phenoxy) is 1. The number of rotatable bonds is 5. The van der Waals surface area contributed by atoms with E-state index in [0.717, 1.165) is 18.2 Å². The van der Waals surface area contributed by atoms with Gasteiger partial charge in [0, 0.05) is 23.2 Å². The third kappa shape index (κ3) is 5.89. The number of nitro benzene ring substituents is 1. The highest BCUT2D eigenvalue weighted by Crippen LogP contribution is 2.28. The van der Waals surface area contributed by atoms with Crippen LogP contribution in [0.3, 0.4) is 0 Å². The molecule has 0 bridgehead atoms. The van der Waals surface area contributed by atoms with E-state index < -0.39 is 46.5 Å². The zero-order valence-corrected chi connectivity index (χ0v) is 13.0. The minimum atomic E-state index is -1.37. The van der Waals surface area contributed by atoms with Crippen molar-refractivity contribution in [2.75, 3.05) is 0 Å². The molecule has 0 saturated heterocycles. The standard InChI is InChI=1S/C14H18FN3O5/c1-14(2,3)17-13(20)23-11(7-12(16)19)9-6-8(18(21)22)4-5-10(9)15/h4-6,11H,7H2,1-3H3,(H2,16,19)(H,17,20). The summed E-state index contributed by atoms with van der Waals surface area (Å²) in [5.74, 6) is -1.69. The molecule has 0 aliphatic carbocycles. The Hall–Kier alpha value is -2.71. The number of non-ortho nitro benzene ring substituents is 1. The van der Waals surface area contributed by atoms with Crippen molar-refractivity contribution in [3.63, 3.8) is 0 Å². The number of nitrogens with zero attached hydrogens (tertiary/aromatic N) is 1. The maximum Gasteiger partial charge on any atom is 0.408 e. The number of benzene rings is 1. The van der Waals surface area contributed by atoms with Gasteiger partial charge in [0.25, 0.3) is 5.69 Å². The van der Waals surface area contributed by atoms with Crippen molar-refractivity contribution in [1.29, 1.82) is 0 Å². The molecule has 1 rings (SSSR count). The van der Waals surface area contributed by atoms with Crippen LogP contribution in [-0.4, -0.2) is 22.5 Å². The quantitative estimate of drug-likeness (QED) is 0.633. The lowest BCUT2D eigenvalue weighted by molar-refractivity contribution is -0.385. The number of carbonyl (C=O) groups is 2. The van der Waals surface area contributed by atoms with Crippen LogP contribution in [0.15, 0.2) is 18.2 Å². The molecule has 0 saturated carbocycles. The van der Waals surface area contributed by atoms with E-state index in [4.69, 9.17) is 10.5 Å². The summed E-state index contributed by atoms with van der Waals surface area (Å²) in [4.78, 5) is 33.0. The molecular formula is C14H18FN3O5. The zero-order valence-electron chi connectivity index (χ0n) is 13.0. The van der Waals surface area contributed by atoms with Crippen molar-refractivity contribution in [2.45, 2.75) is 38.8 Å². The fraction of sp³-hybridized carbons (Fsp3) is 0.429. The van der Waals surface area contributed by atoms with Crippen LogP contribution in [0.4, 0.5) is 14.9 Å². The van der Waals surface area contributed by atoms with Crippen LogP contribution in [0.25, 0.3) is 0 Å². The number of primary amides is 1. The Labute approximate surface area is 131 Å². The van der Waals surface area contributed by atoms with Gasteiger partial charge >= 0.3 is 6.09 Å². The van der Waals surface area contributed by atoms with E-state index in [2.05, 4.69) is 5.32 Å². The molecule has 1 aromatic carbocycles. The fourth-order valence-corrected chi connectivity index (χ4v) is 1.75. The monoisotopic (exact) mass is 327 g/mol. The molecule has 0 fully saturated rings. The van der Waals surface area contributed by atoms with Crippen molar-refractivity contribution in [3.8, 4) is 0 Å².